The monoisotopic (exact) mass is 436 g/mol. The summed E-state index contributed by atoms with van der Waals surface area (Å²) < 4.78 is 16.2. The van der Waals surface area contributed by atoms with E-state index in [0.29, 0.717) is 46.6 Å². The number of amides is 1. The molecule has 3 aromatic rings. The van der Waals surface area contributed by atoms with E-state index in [1.807, 2.05) is 0 Å². The lowest BCUT2D eigenvalue weighted by Gasteiger charge is -2.18. The van der Waals surface area contributed by atoms with Crippen LogP contribution in [0.1, 0.15) is 26.3 Å². The van der Waals surface area contributed by atoms with Crippen LogP contribution in [0, 0.1) is 0 Å². The van der Waals surface area contributed by atoms with Gasteiger partial charge in [-0.1, -0.05) is 23.7 Å². The number of nitrogens with one attached hydrogen (secondary N) is 1. The van der Waals surface area contributed by atoms with Gasteiger partial charge in [-0.25, -0.2) is 10.2 Å². The highest BCUT2D eigenvalue weighted by atomic mass is 35.5. The first-order chi connectivity index (χ1) is 15.1. The van der Waals surface area contributed by atoms with Crippen molar-refractivity contribution in [2.45, 2.75) is 0 Å². The summed E-state index contributed by atoms with van der Waals surface area (Å²) in [6.07, 6.45) is 1.48. The molecular formula is C23H17ClN2O5. The fourth-order valence-corrected chi connectivity index (χ4v) is 3.04. The first kappa shape index (κ1) is 20.4. The number of esters is 1. The molecule has 0 spiro atoms. The molecule has 0 aromatic heterocycles. The maximum atomic E-state index is 12.3. The summed E-state index contributed by atoms with van der Waals surface area (Å²) in [4.78, 5) is 24.5. The molecule has 0 radical (unpaired) electrons. The smallest absolute Gasteiger partial charge is 0.345 e. The van der Waals surface area contributed by atoms with Crippen molar-refractivity contribution in [3.05, 3.63) is 88.4 Å². The minimum absolute atomic E-state index is 0.289. The van der Waals surface area contributed by atoms with E-state index in [0.717, 1.165) is 0 Å². The Hall–Kier alpha value is -3.84. The Morgan fingerprint density at radius 2 is 1.71 bits per heavy atom. The summed E-state index contributed by atoms with van der Waals surface area (Å²) in [7, 11) is 0. The molecule has 0 unspecified atom stereocenters. The largest absolute Gasteiger partial charge is 0.486 e. The van der Waals surface area contributed by atoms with Crippen LogP contribution in [0.4, 0.5) is 0 Å². The van der Waals surface area contributed by atoms with Crippen molar-refractivity contribution >= 4 is 29.7 Å². The third kappa shape index (κ3) is 5.02. The van der Waals surface area contributed by atoms with Crippen molar-refractivity contribution in [1.82, 2.24) is 5.43 Å². The lowest BCUT2D eigenvalue weighted by atomic mass is 10.2. The third-order valence-electron chi connectivity index (χ3n) is 4.37. The number of hydrogen-bond donors (Lipinski definition) is 1. The fourth-order valence-electron chi connectivity index (χ4n) is 2.83. The van der Waals surface area contributed by atoms with Crippen molar-refractivity contribution in [3.63, 3.8) is 0 Å². The summed E-state index contributed by atoms with van der Waals surface area (Å²) in [5, 5.41) is 4.28. The van der Waals surface area contributed by atoms with Gasteiger partial charge in [0.25, 0.3) is 5.91 Å². The average Bonchev–Trinajstić information content (AvgIpc) is 2.80. The van der Waals surface area contributed by atoms with Gasteiger partial charge < -0.3 is 14.2 Å². The molecule has 156 valence electrons. The van der Waals surface area contributed by atoms with Gasteiger partial charge >= 0.3 is 5.97 Å². The zero-order valence-corrected chi connectivity index (χ0v) is 17.0. The van der Waals surface area contributed by atoms with E-state index in [2.05, 4.69) is 10.5 Å². The van der Waals surface area contributed by atoms with Crippen molar-refractivity contribution in [2.75, 3.05) is 13.2 Å². The number of benzene rings is 3. The van der Waals surface area contributed by atoms with Crippen LogP contribution >= 0.6 is 11.6 Å². The highest BCUT2D eigenvalue weighted by molar-refractivity contribution is 6.33. The summed E-state index contributed by atoms with van der Waals surface area (Å²) in [5.74, 6) is 0.589. The zero-order valence-electron chi connectivity index (χ0n) is 16.2. The summed E-state index contributed by atoms with van der Waals surface area (Å²) >= 11 is 6.01. The standard InChI is InChI=1S/C23H17ClN2O5/c24-19-4-2-1-3-18(19)23(28)31-17-8-5-15(6-9-17)14-25-26-22(27)16-7-10-20-21(13-16)30-12-11-29-20/h1-10,13-14H,11-12H2,(H,26,27). The molecule has 1 aliphatic rings. The number of nitrogens with zero attached hydrogens (tertiary/aromatic N) is 1. The van der Waals surface area contributed by atoms with E-state index in [1.54, 1.807) is 66.7 Å². The van der Waals surface area contributed by atoms with Crippen molar-refractivity contribution < 1.29 is 23.8 Å². The third-order valence-corrected chi connectivity index (χ3v) is 4.70. The maximum Gasteiger partial charge on any atom is 0.345 e. The summed E-state index contributed by atoms with van der Waals surface area (Å²) in [6.45, 7) is 0.931. The van der Waals surface area contributed by atoms with E-state index in [4.69, 9.17) is 25.8 Å². The molecule has 31 heavy (non-hydrogen) atoms. The Labute approximate surface area is 183 Å². The number of hydrogen-bond acceptors (Lipinski definition) is 6. The van der Waals surface area contributed by atoms with Gasteiger partial charge in [0, 0.05) is 5.56 Å². The molecule has 0 saturated carbocycles. The van der Waals surface area contributed by atoms with E-state index in [9.17, 15) is 9.59 Å². The molecular weight excluding hydrogens is 420 g/mol. The Balaban J connectivity index is 1.34. The molecule has 0 saturated heterocycles. The van der Waals surface area contributed by atoms with E-state index in [1.165, 1.54) is 6.21 Å². The SMILES string of the molecule is O=C(NN=Cc1ccc(OC(=O)c2ccccc2Cl)cc1)c1ccc2c(c1)OCCO2. The average molecular weight is 437 g/mol. The van der Waals surface area contributed by atoms with Crippen molar-refractivity contribution in [3.8, 4) is 17.2 Å². The Bertz CT molecular complexity index is 1140. The molecule has 1 amide bonds. The number of rotatable bonds is 5. The van der Waals surface area contributed by atoms with E-state index in [-0.39, 0.29) is 11.5 Å². The Morgan fingerprint density at radius 3 is 2.48 bits per heavy atom. The lowest BCUT2D eigenvalue weighted by molar-refractivity contribution is 0.0734. The molecule has 0 aliphatic carbocycles. The van der Waals surface area contributed by atoms with Gasteiger partial charge in [-0.15, -0.1) is 0 Å². The highest BCUT2D eigenvalue weighted by Gasteiger charge is 2.15. The second kappa shape index (κ2) is 9.32. The Kier molecular flexibility index (Phi) is 6.14. The highest BCUT2D eigenvalue weighted by Crippen LogP contribution is 2.30. The summed E-state index contributed by atoms with van der Waals surface area (Å²) in [6, 6.07) is 18.3. The molecule has 0 bridgehead atoms. The van der Waals surface area contributed by atoms with Gasteiger partial charge in [-0.3, -0.25) is 4.79 Å². The van der Waals surface area contributed by atoms with Crippen LogP contribution in [0.2, 0.25) is 5.02 Å². The second-order valence-corrected chi connectivity index (χ2v) is 6.90. The number of fused-ring (bicyclic) bond motifs is 1. The molecule has 1 heterocycles. The lowest BCUT2D eigenvalue weighted by Crippen LogP contribution is -2.19. The quantitative estimate of drug-likeness (QED) is 0.282. The molecule has 8 heteroatoms. The number of carbonyl (C=O) groups is 2. The van der Waals surface area contributed by atoms with Crippen molar-refractivity contribution in [2.24, 2.45) is 5.10 Å². The van der Waals surface area contributed by atoms with Crippen LogP contribution in [0.3, 0.4) is 0 Å². The molecule has 7 nitrogen and oxygen atoms in total. The first-order valence-electron chi connectivity index (χ1n) is 9.40. The van der Waals surface area contributed by atoms with Gasteiger partial charge in [-0.2, -0.15) is 5.10 Å². The number of halogens is 1. The van der Waals surface area contributed by atoms with E-state index < -0.39 is 5.97 Å². The number of carbonyl (C=O) groups excluding carboxylic acids is 2. The Morgan fingerprint density at radius 1 is 0.968 bits per heavy atom. The van der Waals surface area contributed by atoms with Crippen LogP contribution in [0.15, 0.2) is 71.8 Å². The minimum Gasteiger partial charge on any atom is -0.486 e. The predicted molar refractivity (Wildman–Crippen MR) is 115 cm³/mol. The van der Waals surface area contributed by atoms with Gasteiger partial charge in [0.1, 0.15) is 19.0 Å². The van der Waals surface area contributed by atoms with Crippen LogP contribution in [0.25, 0.3) is 0 Å². The predicted octanol–water partition coefficient (Wildman–Crippen LogP) is 4.09. The molecule has 4 rings (SSSR count). The molecule has 1 aliphatic heterocycles. The number of ether oxygens (including phenoxy) is 3. The molecule has 1 N–H and O–H groups in total. The maximum absolute atomic E-state index is 12.3. The van der Waals surface area contributed by atoms with Gasteiger partial charge in [-0.05, 0) is 60.2 Å². The second-order valence-electron chi connectivity index (χ2n) is 6.50. The molecule has 3 aromatic carbocycles. The van der Waals surface area contributed by atoms with Crippen LogP contribution in [-0.4, -0.2) is 31.3 Å². The molecule has 0 fully saturated rings. The van der Waals surface area contributed by atoms with Crippen molar-refractivity contribution in [1.29, 1.82) is 0 Å². The molecule has 0 atom stereocenters. The fraction of sp³-hybridized carbons (Fsp3) is 0.0870. The zero-order chi connectivity index (χ0) is 21.6. The normalized spacial score (nSPS) is 12.4. The summed E-state index contributed by atoms with van der Waals surface area (Å²) in [5.41, 5.74) is 3.87. The van der Waals surface area contributed by atoms with Gasteiger partial charge in [0.15, 0.2) is 11.5 Å². The van der Waals surface area contributed by atoms with Gasteiger partial charge in [0.05, 0.1) is 16.8 Å². The number of hydrazone groups is 1. The first-order valence-corrected chi connectivity index (χ1v) is 9.78. The topological polar surface area (TPSA) is 86.2 Å². The minimum atomic E-state index is -0.543. The van der Waals surface area contributed by atoms with Crippen LogP contribution in [0.5, 0.6) is 17.2 Å². The van der Waals surface area contributed by atoms with Crippen LogP contribution in [-0.2, 0) is 0 Å². The van der Waals surface area contributed by atoms with E-state index >= 15 is 0 Å². The van der Waals surface area contributed by atoms with Gasteiger partial charge in [0.2, 0.25) is 0 Å². The van der Waals surface area contributed by atoms with Crippen LogP contribution < -0.4 is 19.6 Å².